The molecule has 0 spiro atoms. The van der Waals surface area contributed by atoms with Gasteiger partial charge in [0.2, 0.25) is 11.7 Å². The lowest BCUT2D eigenvalue weighted by Gasteiger charge is -2.14. The average molecular weight is 260 g/mol. The van der Waals surface area contributed by atoms with E-state index in [1.165, 1.54) is 0 Å². The molecule has 0 aliphatic carbocycles. The van der Waals surface area contributed by atoms with E-state index in [4.69, 9.17) is 10.3 Å². The van der Waals surface area contributed by atoms with Gasteiger partial charge < -0.3 is 10.3 Å². The highest BCUT2D eigenvalue weighted by molar-refractivity contribution is 5.51. The predicted molar refractivity (Wildman–Crippen MR) is 73.2 cm³/mol. The average Bonchev–Trinajstić information content (AvgIpc) is 2.87. The van der Waals surface area contributed by atoms with Gasteiger partial charge in [0.05, 0.1) is 0 Å². The van der Waals surface area contributed by atoms with Crippen LogP contribution in [-0.2, 0) is 6.42 Å². The summed E-state index contributed by atoms with van der Waals surface area (Å²) in [4.78, 5) is 8.45. The van der Waals surface area contributed by atoms with E-state index in [1.54, 1.807) is 12.4 Å². The van der Waals surface area contributed by atoms with Crippen LogP contribution in [0.1, 0.15) is 26.2 Å². The molecule has 2 aromatic heterocycles. The SMILES string of the molecule is CC(C)CC(CN)Cc1nc(-c2cccnc2)no1. The summed E-state index contributed by atoms with van der Waals surface area (Å²) in [6.45, 7) is 5.03. The number of hydrogen-bond donors (Lipinski definition) is 1. The van der Waals surface area contributed by atoms with E-state index in [9.17, 15) is 0 Å². The third-order valence-electron chi connectivity index (χ3n) is 2.99. The summed E-state index contributed by atoms with van der Waals surface area (Å²) in [5.74, 6) is 2.25. The molecule has 102 valence electrons. The molecule has 0 aromatic carbocycles. The smallest absolute Gasteiger partial charge is 0.227 e. The van der Waals surface area contributed by atoms with Gasteiger partial charge >= 0.3 is 0 Å². The molecule has 0 fully saturated rings. The van der Waals surface area contributed by atoms with Crippen LogP contribution in [-0.4, -0.2) is 21.7 Å². The van der Waals surface area contributed by atoms with Crippen LogP contribution in [0.2, 0.25) is 0 Å². The number of hydrogen-bond acceptors (Lipinski definition) is 5. The van der Waals surface area contributed by atoms with Crippen LogP contribution < -0.4 is 5.73 Å². The van der Waals surface area contributed by atoms with Gasteiger partial charge in [-0.3, -0.25) is 4.98 Å². The van der Waals surface area contributed by atoms with Gasteiger partial charge in [0.15, 0.2) is 0 Å². The van der Waals surface area contributed by atoms with Crippen LogP contribution in [0, 0.1) is 11.8 Å². The topological polar surface area (TPSA) is 77.8 Å². The molecule has 5 heteroatoms. The molecular formula is C14H20N4O. The van der Waals surface area contributed by atoms with Crippen molar-refractivity contribution in [2.24, 2.45) is 17.6 Å². The Labute approximate surface area is 113 Å². The summed E-state index contributed by atoms with van der Waals surface area (Å²) in [6.07, 6.45) is 5.25. The molecule has 1 unspecified atom stereocenters. The van der Waals surface area contributed by atoms with E-state index in [-0.39, 0.29) is 0 Å². The minimum atomic E-state index is 0.391. The number of nitrogens with two attached hydrogens (primary N) is 1. The Kier molecular flexibility index (Phi) is 4.63. The molecule has 0 saturated heterocycles. The minimum Gasteiger partial charge on any atom is -0.339 e. The first-order valence-corrected chi connectivity index (χ1v) is 6.62. The fourth-order valence-electron chi connectivity index (χ4n) is 2.13. The van der Waals surface area contributed by atoms with Crippen molar-refractivity contribution in [2.75, 3.05) is 6.54 Å². The summed E-state index contributed by atoms with van der Waals surface area (Å²) in [6, 6.07) is 3.77. The maximum absolute atomic E-state index is 5.79. The second-order valence-electron chi connectivity index (χ2n) is 5.19. The zero-order valence-electron chi connectivity index (χ0n) is 11.4. The molecule has 5 nitrogen and oxygen atoms in total. The van der Waals surface area contributed by atoms with Crippen LogP contribution in [0.5, 0.6) is 0 Å². The normalized spacial score (nSPS) is 12.8. The molecule has 19 heavy (non-hydrogen) atoms. The number of rotatable bonds is 6. The van der Waals surface area contributed by atoms with Gasteiger partial charge in [-0.1, -0.05) is 19.0 Å². The highest BCUT2D eigenvalue weighted by atomic mass is 16.5. The van der Waals surface area contributed by atoms with E-state index in [0.29, 0.717) is 30.1 Å². The van der Waals surface area contributed by atoms with E-state index in [1.807, 2.05) is 12.1 Å². The lowest BCUT2D eigenvalue weighted by molar-refractivity contribution is 0.332. The Morgan fingerprint density at radius 2 is 2.21 bits per heavy atom. The first-order valence-electron chi connectivity index (χ1n) is 6.62. The zero-order valence-corrected chi connectivity index (χ0v) is 11.4. The molecule has 0 saturated carbocycles. The Hall–Kier alpha value is -1.75. The first-order chi connectivity index (χ1) is 9.19. The fourth-order valence-corrected chi connectivity index (χ4v) is 2.13. The van der Waals surface area contributed by atoms with Crippen molar-refractivity contribution in [1.82, 2.24) is 15.1 Å². The molecule has 1 atom stereocenters. The molecule has 0 aliphatic rings. The summed E-state index contributed by atoms with van der Waals surface area (Å²) in [5, 5.41) is 3.99. The summed E-state index contributed by atoms with van der Waals surface area (Å²) in [7, 11) is 0. The van der Waals surface area contributed by atoms with E-state index < -0.39 is 0 Å². The lowest BCUT2D eigenvalue weighted by Crippen LogP contribution is -2.19. The van der Waals surface area contributed by atoms with Crippen LogP contribution >= 0.6 is 0 Å². The van der Waals surface area contributed by atoms with Crippen LogP contribution in [0.15, 0.2) is 29.0 Å². The van der Waals surface area contributed by atoms with Crippen molar-refractivity contribution in [2.45, 2.75) is 26.7 Å². The molecule has 2 aromatic rings. The highest BCUT2D eigenvalue weighted by Crippen LogP contribution is 2.18. The van der Waals surface area contributed by atoms with Crippen molar-refractivity contribution in [3.8, 4) is 11.4 Å². The van der Waals surface area contributed by atoms with Crippen LogP contribution in [0.3, 0.4) is 0 Å². The first kappa shape index (κ1) is 13.7. The summed E-state index contributed by atoms with van der Waals surface area (Å²) < 4.78 is 5.29. The van der Waals surface area contributed by atoms with Gasteiger partial charge in [0.1, 0.15) is 0 Å². The third-order valence-corrected chi connectivity index (χ3v) is 2.99. The van der Waals surface area contributed by atoms with Crippen molar-refractivity contribution < 1.29 is 4.52 Å². The molecule has 2 heterocycles. The second kappa shape index (κ2) is 6.43. The van der Waals surface area contributed by atoms with Crippen LogP contribution in [0.25, 0.3) is 11.4 Å². The zero-order chi connectivity index (χ0) is 13.7. The Morgan fingerprint density at radius 3 is 2.84 bits per heavy atom. The molecule has 0 bridgehead atoms. The molecule has 2 rings (SSSR count). The predicted octanol–water partition coefficient (Wildman–Crippen LogP) is 2.30. The second-order valence-corrected chi connectivity index (χ2v) is 5.19. The maximum Gasteiger partial charge on any atom is 0.227 e. The summed E-state index contributed by atoms with van der Waals surface area (Å²) in [5.41, 5.74) is 6.65. The molecule has 0 amide bonds. The monoisotopic (exact) mass is 260 g/mol. The quantitative estimate of drug-likeness (QED) is 0.862. The molecule has 0 aliphatic heterocycles. The Morgan fingerprint density at radius 1 is 1.37 bits per heavy atom. The lowest BCUT2D eigenvalue weighted by atomic mass is 9.94. The largest absolute Gasteiger partial charge is 0.339 e. The minimum absolute atomic E-state index is 0.391. The molecule has 0 radical (unpaired) electrons. The Balaban J connectivity index is 2.05. The highest BCUT2D eigenvalue weighted by Gasteiger charge is 2.15. The van der Waals surface area contributed by atoms with Crippen molar-refractivity contribution in [1.29, 1.82) is 0 Å². The van der Waals surface area contributed by atoms with Gasteiger partial charge in [-0.05, 0) is 36.9 Å². The van der Waals surface area contributed by atoms with Crippen LogP contribution in [0.4, 0.5) is 0 Å². The van der Waals surface area contributed by atoms with Crippen molar-refractivity contribution in [3.05, 3.63) is 30.4 Å². The van der Waals surface area contributed by atoms with Gasteiger partial charge in [-0.2, -0.15) is 4.98 Å². The van der Waals surface area contributed by atoms with E-state index in [2.05, 4.69) is 29.0 Å². The maximum atomic E-state index is 5.79. The molecular weight excluding hydrogens is 240 g/mol. The third kappa shape index (κ3) is 3.86. The number of aromatic nitrogens is 3. The van der Waals surface area contributed by atoms with Gasteiger partial charge in [-0.15, -0.1) is 0 Å². The van der Waals surface area contributed by atoms with Crippen molar-refractivity contribution >= 4 is 0 Å². The number of nitrogens with zero attached hydrogens (tertiary/aromatic N) is 3. The van der Waals surface area contributed by atoms with E-state index in [0.717, 1.165) is 18.4 Å². The van der Waals surface area contributed by atoms with E-state index >= 15 is 0 Å². The fraction of sp³-hybridized carbons (Fsp3) is 0.500. The number of pyridine rings is 1. The molecule has 2 N–H and O–H groups in total. The Bertz CT molecular complexity index is 495. The summed E-state index contributed by atoms with van der Waals surface area (Å²) >= 11 is 0. The van der Waals surface area contributed by atoms with Crippen molar-refractivity contribution in [3.63, 3.8) is 0 Å². The van der Waals surface area contributed by atoms with Gasteiger partial charge in [0.25, 0.3) is 0 Å². The standard InChI is InChI=1S/C14H20N4O/c1-10(2)6-11(8-15)7-13-17-14(18-19-13)12-4-3-5-16-9-12/h3-5,9-11H,6-8,15H2,1-2H3. The van der Waals surface area contributed by atoms with Gasteiger partial charge in [0, 0.05) is 24.4 Å². The van der Waals surface area contributed by atoms with Gasteiger partial charge in [-0.25, -0.2) is 0 Å².